The van der Waals surface area contributed by atoms with Crippen molar-refractivity contribution in [2.24, 2.45) is 0 Å². The third-order valence-corrected chi connectivity index (χ3v) is 3.06. The van der Waals surface area contributed by atoms with Crippen LogP contribution < -0.4 is 5.32 Å². The third-order valence-electron chi connectivity index (χ3n) is 3.06. The topological polar surface area (TPSA) is 51.5 Å². The average molecular weight is 273 g/mol. The zero-order valence-electron chi connectivity index (χ0n) is 11.8. The highest BCUT2D eigenvalue weighted by molar-refractivity contribution is 5.89. The second-order valence-electron chi connectivity index (χ2n) is 4.55. The summed E-state index contributed by atoms with van der Waals surface area (Å²) in [7, 11) is 1.36. The molecule has 106 valence electrons. The molecule has 0 bridgehead atoms. The summed E-state index contributed by atoms with van der Waals surface area (Å²) in [5, 5.41) is 3.34. The molecule has 0 unspecified atom stereocenters. The fourth-order valence-electron chi connectivity index (χ4n) is 2.06. The number of furan rings is 1. The van der Waals surface area contributed by atoms with Gasteiger partial charge in [0.05, 0.1) is 19.2 Å². The molecule has 1 N–H and O–H groups in total. The molecule has 0 aliphatic carbocycles. The molecule has 0 saturated heterocycles. The molecule has 0 fully saturated rings. The first-order valence-corrected chi connectivity index (χ1v) is 6.72. The maximum absolute atomic E-state index is 11.3. The monoisotopic (exact) mass is 273 g/mol. The molecule has 0 saturated carbocycles. The summed E-state index contributed by atoms with van der Waals surface area (Å²) >= 11 is 0. The van der Waals surface area contributed by atoms with Crippen LogP contribution in [0.5, 0.6) is 0 Å². The van der Waals surface area contributed by atoms with E-state index in [1.165, 1.54) is 18.9 Å². The van der Waals surface area contributed by atoms with Crippen LogP contribution in [0.15, 0.2) is 41.0 Å². The number of nitrogens with one attached hydrogen (secondary N) is 1. The summed E-state index contributed by atoms with van der Waals surface area (Å²) in [5.74, 6) is 0.322. The van der Waals surface area contributed by atoms with E-state index < -0.39 is 0 Å². The van der Waals surface area contributed by atoms with Gasteiger partial charge in [-0.3, -0.25) is 0 Å². The van der Waals surface area contributed by atoms with E-state index in [4.69, 9.17) is 4.42 Å². The van der Waals surface area contributed by atoms with E-state index in [9.17, 15) is 4.79 Å². The minimum Gasteiger partial charge on any atom is -0.467 e. The number of methoxy groups -OCH3 is 1. The van der Waals surface area contributed by atoms with Crippen molar-refractivity contribution in [3.8, 4) is 0 Å². The summed E-state index contributed by atoms with van der Waals surface area (Å²) in [4.78, 5) is 11.3. The van der Waals surface area contributed by atoms with Crippen molar-refractivity contribution in [3.05, 3.63) is 53.5 Å². The second kappa shape index (κ2) is 6.80. The van der Waals surface area contributed by atoms with Gasteiger partial charge in [0, 0.05) is 5.69 Å². The van der Waals surface area contributed by atoms with Crippen LogP contribution in [-0.2, 0) is 17.7 Å². The Kier molecular flexibility index (Phi) is 4.82. The van der Waals surface area contributed by atoms with Crippen molar-refractivity contribution in [3.63, 3.8) is 0 Å². The minimum absolute atomic E-state index is 0.383. The number of aryl methyl sites for hydroxylation is 1. The summed E-state index contributed by atoms with van der Waals surface area (Å²) < 4.78 is 9.99. The first-order chi connectivity index (χ1) is 9.74. The molecule has 0 radical (unpaired) electrons. The number of rotatable bonds is 6. The molecule has 1 heterocycles. The number of esters is 1. The Balaban J connectivity index is 2.02. The molecule has 1 aromatic heterocycles. The molecular formula is C16H19NO3. The smallest absolute Gasteiger partial charge is 0.341 e. The Hall–Kier alpha value is -2.23. The van der Waals surface area contributed by atoms with E-state index >= 15 is 0 Å². The summed E-state index contributed by atoms with van der Waals surface area (Å²) in [6.45, 7) is 2.70. The first kappa shape index (κ1) is 14.2. The molecule has 20 heavy (non-hydrogen) atoms. The van der Waals surface area contributed by atoms with Gasteiger partial charge in [0.25, 0.3) is 0 Å². The molecule has 2 rings (SSSR count). The molecule has 0 amide bonds. The molecular weight excluding hydrogens is 254 g/mol. The predicted octanol–water partition coefficient (Wildman–Crippen LogP) is 3.63. The normalized spacial score (nSPS) is 10.3. The highest BCUT2D eigenvalue weighted by Crippen LogP contribution is 2.18. The van der Waals surface area contributed by atoms with Gasteiger partial charge in [-0.15, -0.1) is 0 Å². The van der Waals surface area contributed by atoms with Gasteiger partial charge < -0.3 is 14.5 Å². The van der Waals surface area contributed by atoms with Gasteiger partial charge in [0.2, 0.25) is 0 Å². The van der Waals surface area contributed by atoms with E-state index in [-0.39, 0.29) is 5.97 Å². The maximum atomic E-state index is 11.3. The van der Waals surface area contributed by atoms with Crippen molar-refractivity contribution in [2.75, 3.05) is 12.4 Å². The van der Waals surface area contributed by atoms with Gasteiger partial charge in [-0.2, -0.15) is 0 Å². The van der Waals surface area contributed by atoms with Gasteiger partial charge in [-0.25, -0.2) is 4.79 Å². The lowest BCUT2D eigenvalue weighted by molar-refractivity contribution is 0.0600. The van der Waals surface area contributed by atoms with Gasteiger partial charge in [-0.05, 0) is 24.1 Å². The van der Waals surface area contributed by atoms with Crippen LogP contribution in [0.2, 0.25) is 0 Å². The Morgan fingerprint density at radius 2 is 2.15 bits per heavy atom. The fourth-order valence-corrected chi connectivity index (χ4v) is 2.06. The summed E-state index contributed by atoms with van der Waals surface area (Å²) in [6.07, 6.45) is 3.56. The molecule has 0 spiro atoms. The number of benzene rings is 1. The van der Waals surface area contributed by atoms with Crippen molar-refractivity contribution < 1.29 is 13.9 Å². The number of anilines is 1. The number of para-hydroxylation sites is 1. The van der Waals surface area contributed by atoms with Crippen molar-refractivity contribution >= 4 is 11.7 Å². The van der Waals surface area contributed by atoms with Crippen LogP contribution >= 0.6 is 0 Å². The van der Waals surface area contributed by atoms with E-state index in [1.807, 2.05) is 12.1 Å². The standard InChI is InChI=1S/C16H19NO3/c1-3-6-12-7-4-5-8-15(12)17-10-14-9-13(11-20-14)16(18)19-2/h4-5,7-9,11,17H,3,6,10H2,1-2H3. The lowest BCUT2D eigenvalue weighted by Gasteiger charge is -2.10. The van der Waals surface area contributed by atoms with E-state index in [0.29, 0.717) is 17.9 Å². The SMILES string of the molecule is CCCc1ccccc1NCc1cc(C(=O)OC)co1. The Morgan fingerprint density at radius 3 is 2.90 bits per heavy atom. The van der Waals surface area contributed by atoms with Gasteiger partial charge in [0.1, 0.15) is 12.0 Å². The van der Waals surface area contributed by atoms with Crippen molar-refractivity contribution in [1.82, 2.24) is 0 Å². The highest BCUT2D eigenvalue weighted by Gasteiger charge is 2.10. The first-order valence-electron chi connectivity index (χ1n) is 6.72. The Labute approximate surface area is 118 Å². The van der Waals surface area contributed by atoms with Crippen LogP contribution in [0.4, 0.5) is 5.69 Å². The van der Waals surface area contributed by atoms with Gasteiger partial charge in [-0.1, -0.05) is 31.5 Å². The summed E-state index contributed by atoms with van der Waals surface area (Å²) in [6, 6.07) is 9.91. The van der Waals surface area contributed by atoms with Crippen LogP contribution in [0.3, 0.4) is 0 Å². The van der Waals surface area contributed by atoms with Crippen LogP contribution in [-0.4, -0.2) is 13.1 Å². The molecule has 0 aliphatic heterocycles. The number of carbonyl (C=O) groups is 1. The largest absolute Gasteiger partial charge is 0.467 e. The zero-order chi connectivity index (χ0) is 14.4. The second-order valence-corrected chi connectivity index (χ2v) is 4.55. The van der Waals surface area contributed by atoms with Crippen LogP contribution in [0.25, 0.3) is 0 Å². The minimum atomic E-state index is -0.383. The van der Waals surface area contributed by atoms with E-state index in [0.717, 1.165) is 18.5 Å². The number of hydrogen-bond donors (Lipinski definition) is 1. The van der Waals surface area contributed by atoms with E-state index in [2.05, 4.69) is 29.1 Å². The number of carbonyl (C=O) groups excluding carboxylic acids is 1. The van der Waals surface area contributed by atoms with Crippen LogP contribution in [0.1, 0.15) is 35.0 Å². The Bertz CT molecular complexity index is 575. The zero-order valence-corrected chi connectivity index (χ0v) is 11.8. The predicted molar refractivity (Wildman–Crippen MR) is 77.8 cm³/mol. The summed E-state index contributed by atoms with van der Waals surface area (Å²) in [5.41, 5.74) is 2.83. The molecule has 2 aromatic rings. The van der Waals surface area contributed by atoms with Crippen molar-refractivity contribution in [1.29, 1.82) is 0 Å². The maximum Gasteiger partial charge on any atom is 0.341 e. The van der Waals surface area contributed by atoms with E-state index in [1.54, 1.807) is 6.07 Å². The van der Waals surface area contributed by atoms with Crippen molar-refractivity contribution in [2.45, 2.75) is 26.3 Å². The lowest BCUT2D eigenvalue weighted by atomic mass is 10.1. The number of hydrogen-bond acceptors (Lipinski definition) is 4. The lowest BCUT2D eigenvalue weighted by Crippen LogP contribution is -2.02. The molecule has 4 heteroatoms. The molecule has 4 nitrogen and oxygen atoms in total. The van der Waals surface area contributed by atoms with Crippen LogP contribution in [0, 0.1) is 0 Å². The highest BCUT2D eigenvalue weighted by atomic mass is 16.5. The average Bonchev–Trinajstić information content (AvgIpc) is 2.95. The van der Waals surface area contributed by atoms with Gasteiger partial charge in [0.15, 0.2) is 0 Å². The molecule has 1 aromatic carbocycles. The quantitative estimate of drug-likeness (QED) is 0.816. The Morgan fingerprint density at radius 1 is 1.35 bits per heavy atom. The molecule has 0 aliphatic rings. The fraction of sp³-hybridized carbons (Fsp3) is 0.312. The molecule has 0 atom stereocenters. The third kappa shape index (κ3) is 3.41. The number of ether oxygens (including phenoxy) is 1. The van der Waals surface area contributed by atoms with Gasteiger partial charge >= 0.3 is 5.97 Å².